The molecule has 2 fully saturated rings. The minimum absolute atomic E-state index is 0.121. The van der Waals surface area contributed by atoms with E-state index in [0.717, 1.165) is 49.1 Å². The van der Waals surface area contributed by atoms with Gasteiger partial charge >= 0.3 is 0 Å². The highest BCUT2D eigenvalue weighted by molar-refractivity contribution is 6.20. The third kappa shape index (κ3) is 2.30. The van der Waals surface area contributed by atoms with Crippen LogP contribution in [0, 0.1) is 6.92 Å². The predicted octanol–water partition coefficient (Wildman–Crippen LogP) is 2.72. The van der Waals surface area contributed by atoms with E-state index < -0.39 is 0 Å². The van der Waals surface area contributed by atoms with Crippen molar-refractivity contribution >= 4 is 17.5 Å². The maximum Gasteiger partial charge on any atom is 0.256 e. The van der Waals surface area contributed by atoms with Gasteiger partial charge in [0.1, 0.15) is 0 Å². The number of carbonyl (C=O) groups excluding carboxylic acids is 1. The van der Waals surface area contributed by atoms with Crippen molar-refractivity contribution in [1.82, 2.24) is 15.1 Å². The van der Waals surface area contributed by atoms with E-state index in [1.165, 1.54) is 0 Å². The molecule has 0 aromatic carbocycles. The number of carbonyl (C=O) groups is 1. The first-order valence-electron chi connectivity index (χ1n) is 7.40. The number of hydrogen-bond donors (Lipinski definition) is 0. The fourth-order valence-corrected chi connectivity index (χ4v) is 3.95. The lowest BCUT2D eigenvalue weighted by Crippen LogP contribution is -2.47. The summed E-state index contributed by atoms with van der Waals surface area (Å²) in [6, 6.07) is 2.49. The number of halogens is 1. The third-order valence-corrected chi connectivity index (χ3v) is 4.82. The fourth-order valence-electron chi connectivity index (χ4n) is 3.54. The molecular weight excluding hydrogens is 274 g/mol. The molecule has 2 unspecified atom stereocenters. The molecule has 20 heavy (non-hydrogen) atoms. The Morgan fingerprint density at radius 2 is 2.00 bits per heavy atom. The van der Waals surface area contributed by atoms with Crippen molar-refractivity contribution < 1.29 is 4.79 Å². The summed E-state index contributed by atoms with van der Waals surface area (Å²) in [6.07, 6.45) is 4.73. The quantitative estimate of drug-likeness (QED) is 0.788. The normalized spacial score (nSPS) is 28.8. The van der Waals surface area contributed by atoms with E-state index >= 15 is 0 Å². The minimum atomic E-state index is 0.121. The van der Waals surface area contributed by atoms with E-state index in [9.17, 15) is 4.79 Å². The zero-order valence-electron chi connectivity index (χ0n) is 12.0. The van der Waals surface area contributed by atoms with Crippen LogP contribution in [0.5, 0.6) is 0 Å². The Hall–Kier alpha value is -1.16. The monoisotopic (exact) mass is 293 g/mol. The fraction of sp³-hybridized carbons (Fsp3) is 0.667. The Morgan fingerprint density at radius 1 is 1.35 bits per heavy atom. The summed E-state index contributed by atoms with van der Waals surface area (Å²) >= 11 is 6.29. The molecule has 2 aliphatic rings. The zero-order chi connectivity index (χ0) is 14.3. The molecule has 0 radical (unpaired) electrons. The highest BCUT2D eigenvalue weighted by atomic mass is 35.5. The van der Waals surface area contributed by atoms with Crippen LogP contribution in [0.15, 0.2) is 6.07 Å². The molecule has 1 amide bonds. The summed E-state index contributed by atoms with van der Waals surface area (Å²) in [5.41, 5.74) is 2.32. The largest absolute Gasteiger partial charge is 0.333 e. The second-order valence-electron chi connectivity index (χ2n) is 5.87. The van der Waals surface area contributed by atoms with Crippen molar-refractivity contribution in [2.45, 2.75) is 63.4 Å². The van der Waals surface area contributed by atoms with Gasteiger partial charge in [0.15, 0.2) is 0 Å². The highest BCUT2D eigenvalue weighted by Crippen LogP contribution is 2.38. The molecule has 2 bridgehead atoms. The molecule has 3 heterocycles. The van der Waals surface area contributed by atoms with Gasteiger partial charge in [-0.15, -0.1) is 11.6 Å². The van der Waals surface area contributed by atoms with Gasteiger partial charge < -0.3 is 4.90 Å². The van der Waals surface area contributed by atoms with E-state index in [-0.39, 0.29) is 11.3 Å². The maximum absolute atomic E-state index is 12.9. The number of piperidine rings is 1. The second-order valence-corrected chi connectivity index (χ2v) is 6.48. The summed E-state index contributed by atoms with van der Waals surface area (Å²) in [5, 5.41) is 8.46. The molecule has 108 valence electrons. The van der Waals surface area contributed by atoms with Gasteiger partial charge in [0.25, 0.3) is 5.91 Å². The molecule has 0 spiro atoms. The van der Waals surface area contributed by atoms with Gasteiger partial charge in [-0.2, -0.15) is 10.2 Å². The summed E-state index contributed by atoms with van der Waals surface area (Å²) in [6.45, 7) is 3.89. The Morgan fingerprint density at radius 3 is 2.60 bits per heavy atom. The number of nitrogens with zero attached hydrogens (tertiary/aromatic N) is 3. The summed E-state index contributed by atoms with van der Waals surface area (Å²) in [5.74, 6) is 0.121. The van der Waals surface area contributed by atoms with E-state index in [0.29, 0.717) is 12.1 Å². The molecule has 2 aliphatic heterocycles. The van der Waals surface area contributed by atoms with E-state index in [4.69, 9.17) is 11.6 Å². The number of rotatable bonds is 2. The molecule has 3 rings (SSSR count). The van der Waals surface area contributed by atoms with Crippen LogP contribution in [-0.2, 0) is 6.42 Å². The topological polar surface area (TPSA) is 46.1 Å². The Balaban J connectivity index is 1.92. The van der Waals surface area contributed by atoms with Crippen LogP contribution < -0.4 is 0 Å². The van der Waals surface area contributed by atoms with E-state index in [1.54, 1.807) is 0 Å². The number of aryl methyl sites for hydroxylation is 2. The van der Waals surface area contributed by atoms with Crippen molar-refractivity contribution in [3.63, 3.8) is 0 Å². The first-order valence-corrected chi connectivity index (χ1v) is 7.83. The molecule has 1 aromatic heterocycles. The average Bonchev–Trinajstić information content (AvgIpc) is 2.70. The minimum Gasteiger partial charge on any atom is -0.333 e. The van der Waals surface area contributed by atoms with Crippen molar-refractivity contribution in [3.05, 3.63) is 23.0 Å². The number of amides is 1. The molecule has 0 N–H and O–H groups in total. The lowest BCUT2D eigenvalue weighted by Gasteiger charge is -2.37. The summed E-state index contributed by atoms with van der Waals surface area (Å²) in [7, 11) is 0. The lowest BCUT2D eigenvalue weighted by atomic mass is 10.00. The average molecular weight is 294 g/mol. The number of aromatic nitrogens is 2. The van der Waals surface area contributed by atoms with Crippen molar-refractivity contribution in [2.75, 3.05) is 0 Å². The predicted molar refractivity (Wildman–Crippen MR) is 78.0 cm³/mol. The molecule has 2 atom stereocenters. The molecule has 1 aromatic rings. The van der Waals surface area contributed by atoms with Crippen molar-refractivity contribution in [2.24, 2.45) is 0 Å². The molecular formula is C15H20ClN3O. The number of hydrogen-bond acceptors (Lipinski definition) is 3. The van der Waals surface area contributed by atoms with Gasteiger partial charge in [-0.25, -0.2) is 0 Å². The van der Waals surface area contributed by atoms with Crippen LogP contribution in [0.4, 0.5) is 0 Å². The summed E-state index contributed by atoms with van der Waals surface area (Å²) in [4.78, 5) is 15.0. The number of fused-ring (bicyclic) bond motifs is 2. The van der Waals surface area contributed by atoms with Crippen LogP contribution in [0.1, 0.15) is 54.4 Å². The Kier molecular flexibility index (Phi) is 3.67. The second kappa shape index (κ2) is 5.32. The lowest BCUT2D eigenvalue weighted by molar-refractivity contribution is 0.0597. The Bertz CT molecular complexity index is 520. The highest BCUT2D eigenvalue weighted by Gasteiger charge is 2.43. The molecule has 0 saturated carbocycles. The van der Waals surface area contributed by atoms with Crippen LogP contribution in [0.3, 0.4) is 0 Å². The molecule has 5 heteroatoms. The van der Waals surface area contributed by atoms with Gasteiger partial charge in [0.2, 0.25) is 0 Å². The smallest absolute Gasteiger partial charge is 0.256 e. The van der Waals surface area contributed by atoms with Crippen LogP contribution >= 0.6 is 11.6 Å². The Labute approximate surface area is 124 Å². The molecule has 0 aliphatic carbocycles. The van der Waals surface area contributed by atoms with E-state index in [1.807, 2.05) is 19.9 Å². The van der Waals surface area contributed by atoms with Gasteiger partial charge in [-0.1, -0.05) is 6.92 Å². The van der Waals surface area contributed by atoms with Gasteiger partial charge in [-0.3, -0.25) is 4.79 Å². The third-order valence-electron chi connectivity index (χ3n) is 4.47. The van der Waals surface area contributed by atoms with Gasteiger partial charge in [-0.05, 0) is 45.1 Å². The van der Waals surface area contributed by atoms with Gasteiger partial charge in [0.05, 0.1) is 17.0 Å². The zero-order valence-corrected chi connectivity index (χ0v) is 12.7. The van der Waals surface area contributed by atoms with Crippen LogP contribution in [-0.4, -0.2) is 38.5 Å². The molecule has 2 saturated heterocycles. The van der Waals surface area contributed by atoms with Crippen molar-refractivity contribution in [3.8, 4) is 0 Å². The van der Waals surface area contributed by atoms with Crippen LogP contribution in [0.2, 0.25) is 0 Å². The first-order chi connectivity index (χ1) is 9.60. The van der Waals surface area contributed by atoms with Crippen molar-refractivity contribution in [1.29, 1.82) is 0 Å². The van der Waals surface area contributed by atoms with Crippen LogP contribution in [0.25, 0.3) is 0 Å². The summed E-state index contributed by atoms with van der Waals surface area (Å²) < 4.78 is 0. The van der Waals surface area contributed by atoms with Gasteiger partial charge in [0, 0.05) is 17.5 Å². The maximum atomic E-state index is 12.9. The molecule has 4 nitrogen and oxygen atoms in total. The SMILES string of the molecule is CCc1nnc(C)cc1C(=O)N1C2CCC1CC(Cl)C2. The van der Waals surface area contributed by atoms with E-state index in [2.05, 4.69) is 15.1 Å². The first kappa shape index (κ1) is 13.8. The number of alkyl halides is 1. The standard InChI is InChI=1S/C15H20ClN3O/c1-3-14-13(6-9(2)17-18-14)15(20)19-11-4-5-12(19)8-10(16)7-11/h6,10-12H,3-5,7-8H2,1-2H3.